The molecule has 0 bridgehead atoms. The summed E-state index contributed by atoms with van der Waals surface area (Å²) in [6.45, 7) is 15.1. The molecule has 4 aliphatic heterocycles. The van der Waals surface area contributed by atoms with E-state index in [0.717, 1.165) is 44.9 Å². The smallest absolute Gasteiger partial charge is 0.187 e. The Morgan fingerprint density at radius 2 is 1.08 bits per heavy atom. The second-order valence-corrected chi connectivity index (χ2v) is 25.8. The zero-order valence-electron chi connectivity index (χ0n) is 44.7. The Bertz CT molecular complexity index is 2070. The summed E-state index contributed by atoms with van der Waals surface area (Å²) < 4.78 is 49.3. The molecule has 3 saturated carbocycles. The minimum atomic E-state index is -2.00. The van der Waals surface area contributed by atoms with E-state index < -0.39 is 148 Å². The van der Waals surface area contributed by atoms with Crippen molar-refractivity contribution < 1.29 is 104 Å². The standard InChI is InChI=1S/C54H88O21/c1-24-33(59)36(62)39(65)45(68-24)73-42-29(21-56)71-47(41(67)38(42)64)74-43-34(60)25(2)69-48(44(43)75-46-40(66)37(63)35(61)28(20-55)70-46)72-32-12-13-50(5)30(51(32,6)22-57)11-14-53(8)31(50)10-9-26-27-19-49(3,4)15-17-54(27,23-58)18-16-52(26,53)7/h9-10,24-25,28-48,55-67H,11-23H2,1-8H3/t24-,25+,28+,29+,30+,31+,32-,33-,34-,35?,36+,37?,38+,39+,40?,41+,42+,43-,44+,45-,46?,47-,48-,50-,51+,52+,53+,54+/m0/s1. The molecule has 21 nitrogen and oxygen atoms in total. The molecular weight excluding hydrogens is 985 g/mol. The van der Waals surface area contributed by atoms with E-state index in [2.05, 4.69) is 46.8 Å². The lowest BCUT2D eigenvalue weighted by Crippen LogP contribution is -2.68. The molecule has 4 heterocycles. The lowest BCUT2D eigenvalue weighted by molar-refractivity contribution is -0.402. The third-order valence-corrected chi connectivity index (χ3v) is 21.0. The molecule has 9 aliphatic rings. The molecular formula is C54H88O21. The SMILES string of the molecule is C[C@@H]1O[C@@H](O[C@H]2[C@H](O)[C@@H](O)[C@H](O[C@H]3[C@@H](O)[C@@H](C)O[C@@H](O[C@H]4CC[C@@]5(C)[C@@H](CC[C@]6(C)[C@@H]5C=CC5=C7CC(C)(C)CC[C@]7(CO)CC[C@]56C)[C@@]4(C)CO)[C@@H]3OC3O[C@H](CO)C(O)C(O)C3O)O[C@@H]2CO)[C@H](O)[C@H](O)[C@H]1O. The van der Waals surface area contributed by atoms with Gasteiger partial charge in [0.05, 0.1) is 44.7 Å². The fourth-order valence-electron chi connectivity index (χ4n) is 15.9. The van der Waals surface area contributed by atoms with E-state index in [9.17, 15) is 66.4 Å². The molecule has 430 valence electrons. The predicted molar refractivity (Wildman–Crippen MR) is 261 cm³/mol. The predicted octanol–water partition coefficient (Wildman–Crippen LogP) is -0.614. The fraction of sp³-hybridized carbons (Fsp3) is 0.926. The molecule has 0 amide bonds. The second-order valence-electron chi connectivity index (χ2n) is 25.8. The zero-order chi connectivity index (χ0) is 54.7. The van der Waals surface area contributed by atoms with Crippen LogP contribution in [0.2, 0.25) is 0 Å². The number of hydrogen-bond donors (Lipinski definition) is 13. The van der Waals surface area contributed by atoms with Crippen LogP contribution in [0.5, 0.6) is 0 Å². The normalized spacial score (nSPS) is 54.9. The Hall–Kier alpha value is -1.36. The minimum absolute atomic E-state index is 0.0824. The Morgan fingerprint density at radius 1 is 0.520 bits per heavy atom. The first-order valence-corrected chi connectivity index (χ1v) is 27.4. The molecule has 7 fully saturated rings. The van der Waals surface area contributed by atoms with E-state index in [-0.39, 0.29) is 52.1 Å². The summed E-state index contributed by atoms with van der Waals surface area (Å²) in [5, 5.41) is 143. The molecule has 21 heteroatoms. The fourth-order valence-corrected chi connectivity index (χ4v) is 15.9. The van der Waals surface area contributed by atoms with Gasteiger partial charge in [0.1, 0.15) is 85.5 Å². The van der Waals surface area contributed by atoms with Crippen molar-refractivity contribution in [2.24, 2.45) is 44.3 Å². The van der Waals surface area contributed by atoms with E-state index in [1.165, 1.54) is 25.0 Å². The highest BCUT2D eigenvalue weighted by molar-refractivity contribution is 5.46. The van der Waals surface area contributed by atoms with Crippen LogP contribution in [0.25, 0.3) is 0 Å². The summed E-state index contributed by atoms with van der Waals surface area (Å²) in [6.07, 6.45) is -21.1. The van der Waals surface area contributed by atoms with Crippen molar-refractivity contribution in [1.82, 2.24) is 0 Å². The van der Waals surface area contributed by atoms with Crippen LogP contribution < -0.4 is 0 Å². The van der Waals surface area contributed by atoms with Crippen LogP contribution in [0.1, 0.15) is 113 Å². The minimum Gasteiger partial charge on any atom is -0.396 e. The van der Waals surface area contributed by atoms with E-state index in [1.54, 1.807) is 0 Å². The Morgan fingerprint density at radius 3 is 1.72 bits per heavy atom. The summed E-state index contributed by atoms with van der Waals surface area (Å²) >= 11 is 0. The highest BCUT2D eigenvalue weighted by atomic mass is 16.8. The molecule has 0 spiro atoms. The van der Waals surface area contributed by atoms with Crippen molar-refractivity contribution in [2.45, 2.75) is 242 Å². The zero-order valence-corrected chi connectivity index (χ0v) is 44.7. The van der Waals surface area contributed by atoms with Crippen LogP contribution in [0.4, 0.5) is 0 Å². The summed E-state index contributed by atoms with van der Waals surface area (Å²) in [5.74, 6) is 0.0404. The van der Waals surface area contributed by atoms with Gasteiger partial charge in [-0.2, -0.15) is 0 Å². The van der Waals surface area contributed by atoms with Crippen molar-refractivity contribution in [3.05, 3.63) is 23.3 Å². The molecule has 0 aromatic rings. The van der Waals surface area contributed by atoms with Crippen LogP contribution in [0.3, 0.4) is 0 Å². The van der Waals surface area contributed by atoms with Crippen LogP contribution in [0, 0.1) is 44.3 Å². The first kappa shape index (κ1) is 58.3. The van der Waals surface area contributed by atoms with Gasteiger partial charge in [-0.05, 0) is 111 Å². The molecule has 0 aromatic carbocycles. The number of hydrogen-bond acceptors (Lipinski definition) is 21. The highest BCUT2D eigenvalue weighted by Crippen LogP contribution is 2.74. The summed E-state index contributed by atoms with van der Waals surface area (Å²) in [5.41, 5.74) is 1.21. The van der Waals surface area contributed by atoms with E-state index in [1.807, 2.05) is 6.92 Å². The first-order valence-electron chi connectivity index (χ1n) is 27.4. The quantitative estimate of drug-likeness (QED) is 0.108. The highest BCUT2D eigenvalue weighted by Gasteiger charge is 2.68. The molecule has 9 rings (SSSR count). The van der Waals surface area contributed by atoms with Gasteiger partial charge >= 0.3 is 0 Å². The second kappa shape index (κ2) is 21.2. The third-order valence-electron chi connectivity index (χ3n) is 21.0. The molecule has 0 aromatic heterocycles. The van der Waals surface area contributed by atoms with E-state index >= 15 is 0 Å². The van der Waals surface area contributed by atoms with Gasteiger partial charge in [0.2, 0.25) is 0 Å². The van der Waals surface area contributed by atoms with Crippen LogP contribution in [-0.2, 0) is 37.9 Å². The van der Waals surface area contributed by atoms with Crippen LogP contribution in [0.15, 0.2) is 23.3 Å². The van der Waals surface area contributed by atoms with E-state index in [4.69, 9.17) is 37.9 Å². The topological polar surface area (TPSA) is 337 Å². The van der Waals surface area contributed by atoms with E-state index in [0.29, 0.717) is 12.8 Å². The Labute approximate surface area is 439 Å². The number of aliphatic hydroxyl groups is 13. The number of rotatable bonds is 12. The van der Waals surface area contributed by atoms with Gasteiger partial charge in [0, 0.05) is 10.8 Å². The lowest BCUT2D eigenvalue weighted by atomic mass is 9.35. The van der Waals surface area contributed by atoms with Gasteiger partial charge in [-0.25, -0.2) is 0 Å². The number of ether oxygens (including phenoxy) is 8. The Balaban J connectivity index is 1.01. The summed E-state index contributed by atoms with van der Waals surface area (Å²) in [7, 11) is 0. The number of aliphatic hydroxyl groups excluding tert-OH is 13. The largest absolute Gasteiger partial charge is 0.396 e. The van der Waals surface area contributed by atoms with Gasteiger partial charge in [0.25, 0.3) is 0 Å². The van der Waals surface area contributed by atoms with Crippen molar-refractivity contribution in [1.29, 1.82) is 0 Å². The van der Waals surface area contributed by atoms with Crippen molar-refractivity contribution in [3.8, 4) is 0 Å². The first-order chi connectivity index (χ1) is 35.2. The van der Waals surface area contributed by atoms with Crippen molar-refractivity contribution >= 4 is 0 Å². The van der Waals surface area contributed by atoms with Gasteiger partial charge in [-0.3, -0.25) is 0 Å². The van der Waals surface area contributed by atoms with Crippen molar-refractivity contribution in [2.75, 3.05) is 26.4 Å². The lowest BCUT2D eigenvalue weighted by Gasteiger charge is -2.70. The van der Waals surface area contributed by atoms with Gasteiger partial charge in [-0.15, -0.1) is 0 Å². The maximum Gasteiger partial charge on any atom is 0.187 e. The van der Waals surface area contributed by atoms with Crippen LogP contribution in [-0.4, -0.2) is 222 Å². The Kier molecular flexibility index (Phi) is 16.5. The number of fused-ring (bicyclic) bond motifs is 6. The monoisotopic (exact) mass is 1070 g/mol. The molecule has 0 radical (unpaired) electrons. The van der Waals surface area contributed by atoms with Gasteiger partial charge in [0.15, 0.2) is 25.2 Å². The summed E-state index contributed by atoms with van der Waals surface area (Å²) in [4.78, 5) is 0. The van der Waals surface area contributed by atoms with Crippen molar-refractivity contribution in [3.63, 3.8) is 0 Å². The number of allylic oxidation sites excluding steroid dienone is 3. The summed E-state index contributed by atoms with van der Waals surface area (Å²) in [6, 6.07) is 0. The molecule has 13 N–H and O–H groups in total. The van der Waals surface area contributed by atoms with Gasteiger partial charge < -0.3 is 104 Å². The maximum atomic E-state index is 11.9. The molecule has 28 atom stereocenters. The average molecular weight is 1070 g/mol. The molecule has 5 aliphatic carbocycles. The third kappa shape index (κ3) is 9.47. The molecule has 4 unspecified atom stereocenters. The maximum absolute atomic E-state index is 11.9. The van der Waals surface area contributed by atoms with Crippen LogP contribution >= 0.6 is 0 Å². The molecule has 75 heavy (non-hydrogen) atoms. The average Bonchev–Trinajstić information content (AvgIpc) is 3.37. The molecule has 4 saturated heterocycles. The van der Waals surface area contributed by atoms with Gasteiger partial charge in [-0.1, -0.05) is 59.3 Å².